The molecule has 0 bridgehead atoms. The van der Waals surface area contributed by atoms with Gasteiger partial charge in [-0.2, -0.15) is 0 Å². The fraction of sp³-hybridized carbons (Fsp3) is 0. The summed E-state index contributed by atoms with van der Waals surface area (Å²) in [5.41, 5.74) is 2.55. The molecular weight excluding hydrogens is 322 g/mol. The lowest BCUT2D eigenvalue weighted by Gasteiger charge is -2.05. The standard InChI is InChI=1S/C18H11N3O2S/c22-14-9-21-12-7-3-1-5-10(12)16(23)15(17(21)20-14)18-19-11-6-2-4-8-13(11)24-18/h1-9,20,22H. The zero-order valence-corrected chi connectivity index (χ0v) is 13.2. The molecule has 5 nitrogen and oxygen atoms in total. The van der Waals surface area contributed by atoms with Crippen molar-refractivity contribution in [2.75, 3.05) is 0 Å². The van der Waals surface area contributed by atoms with Gasteiger partial charge in [0.25, 0.3) is 0 Å². The van der Waals surface area contributed by atoms with E-state index in [1.165, 1.54) is 11.3 Å². The van der Waals surface area contributed by atoms with Gasteiger partial charge in [-0.1, -0.05) is 24.3 Å². The smallest absolute Gasteiger partial charge is 0.207 e. The molecule has 3 heterocycles. The van der Waals surface area contributed by atoms with Crippen molar-refractivity contribution in [3.8, 4) is 16.5 Å². The molecule has 0 amide bonds. The van der Waals surface area contributed by atoms with E-state index in [4.69, 9.17) is 0 Å². The van der Waals surface area contributed by atoms with Crippen LogP contribution in [-0.2, 0) is 0 Å². The van der Waals surface area contributed by atoms with Gasteiger partial charge in [0, 0.05) is 5.39 Å². The van der Waals surface area contributed by atoms with E-state index >= 15 is 0 Å². The summed E-state index contributed by atoms with van der Waals surface area (Å²) in [7, 11) is 0. The molecule has 0 aliphatic carbocycles. The molecule has 0 aliphatic rings. The van der Waals surface area contributed by atoms with Gasteiger partial charge in [0.2, 0.25) is 11.3 Å². The van der Waals surface area contributed by atoms with Gasteiger partial charge in [0.15, 0.2) is 0 Å². The Bertz CT molecular complexity index is 1260. The summed E-state index contributed by atoms with van der Waals surface area (Å²) in [5, 5.41) is 11.2. The number of nitrogens with zero attached hydrogens (tertiary/aromatic N) is 2. The van der Waals surface area contributed by atoms with Crippen molar-refractivity contribution < 1.29 is 5.11 Å². The summed E-state index contributed by atoms with van der Waals surface area (Å²) in [4.78, 5) is 20.6. The van der Waals surface area contributed by atoms with E-state index in [-0.39, 0.29) is 11.3 Å². The lowest BCUT2D eigenvalue weighted by atomic mass is 10.1. The van der Waals surface area contributed by atoms with E-state index in [0.717, 1.165) is 15.7 Å². The number of para-hydroxylation sites is 2. The van der Waals surface area contributed by atoms with Crippen LogP contribution < -0.4 is 5.43 Å². The quantitative estimate of drug-likeness (QED) is 0.491. The minimum Gasteiger partial charge on any atom is -0.493 e. The Morgan fingerprint density at radius 1 is 1.08 bits per heavy atom. The maximum atomic E-state index is 13.1. The van der Waals surface area contributed by atoms with Crippen LogP contribution in [0.25, 0.3) is 37.3 Å². The van der Waals surface area contributed by atoms with Crippen molar-refractivity contribution in [2.24, 2.45) is 0 Å². The van der Waals surface area contributed by atoms with Crippen LogP contribution in [0.2, 0.25) is 0 Å². The zero-order chi connectivity index (χ0) is 16.3. The minimum absolute atomic E-state index is 0.00751. The topological polar surface area (TPSA) is 70.4 Å². The molecule has 116 valence electrons. The molecule has 3 aromatic heterocycles. The third-order valence-electron chi connectivity index (χ3n) is 4.12. The maximum Gasteiger partial charge on any atom is 0.207 e. The first-order valence-electron chi connectivity index (χ1n) is 7.43. The zero-order valence-electron chi connectivity index (χ0n) is 12.4. The van der Waals surface area contributed by atoms with Crippen LogP contribution in [0.1, 0.15) is 0 Å². The molecule has 0 unspecified atom stereocenters. The highest BCUT2D eigenvalue weighted by Crippen LogP contribution is 2.32. The van der Waals surface area contributed by atoms with E-state index in [1.807, 2.05) is 42.5 Å². The Kier molecular flexibility index (Phi) is 2.60. The van der Waals surface area contributed by atoms with Crippen molar-refractivity contribution in [3.63, 3.8) is 0 Å². The first-order valence-corrected chi connectivity index (χ1v) is 8.25. The number of pyridine rings is 1. The molecule has 2 N–H and O–H groups in total. The molecule has 0 spiro atoms. The second-order valence-corrected chi connectivity index (χ2v) is 6.60. The molecular formula is C18H11N3O2S. The Morgan fingerprint density at radius 3 is 2.75 bits per heavy atom. The van der Waals surface area contributed by atoms with Gasteiger partial charge in [-0.15, -0.1) is 11.3 Å². The van der Waals surface area contributed by atoms with Crippen LogP contribution in [0.15, 0.2) is 59.5 Å². The number of hydrogen-bond acceptors (Lipinski definition) is 4. The van der Waals surface area contributed by atoms with Gasteiger partial charge < -0.3 is 10.1 Å². The summed E-state index contributed by atoms with van der Waals surface area (Å²) in [6.07, 6.45) is 1.58. The summed E-state index contributed by atoms with van der Waals surface area (Å²) in [6.45, 7) is 0. The molecule has 0 saturated heterocycles. The molecule has 0 fully saturated rings. The molecule has 5 rings (SSSR count). The van der Waals surface area contributed by atoms with Crippen LogP contribution in [-0.4, -0.2) is 19.5 Å². The molecule has 0 atom stereocenters. The predicted octanol–water partition coefficient (Wildman–Crippen LogP) is 3.76. The Hall–Kier alpha value is -3.12. The summed E-state index contributed by atoms with van der Waals surface area (Å²) in [5.74, 6) is 0.00751. The molecule has 0 aliphatic heterocycles. The van der Waals surface area contributed by atoms with Gasteiger partial charge in [-0.05, 0) is 24.3 Å². The number of fused-ring (bicyclic) bond motifs is 4. The molecule has 24 heavy (non-hydrogen) atoms. The number of nitrogens with one attached hydrogen (secondary N) is 1. The van der Waals surface area contributed by atoms with Gasteiger partial charge in [-0.3, -0.25) is 9.20 Å². The summed E-state index contributed by atoms with van der Waals surface area (Å²) < 4.78 is 2.82. The van der Waals surface area contributed by atoms with Gasteiger partial charge >= 0.3 is 0 Å². The minimum atomic E-state index is -0.0912. The van der Waals surface area contributed by atoms with Crippen molar-refractivity contribution in [3.05, 3.63) is 65.0 Å². The van der Waals surface area contributed by atoms with Crippen LogP contribution >= 0.6 is 11.3 Å². The van der Waals surface area contributed by atoms with Crippen LogP contribution in [0.3, 0.4) is 0 Å². The first kappa shape index (κ1) is 13.3. The fourth-order valence-corrected chi connectivity index (χ4v) is 4.08. The van der Waals surface area contributed by atoms with Crippen LogP contribution in [0, 0.1) is 0 Å². The van der Waals surface area contributed by atoms with Crippen LogP contribution in [0.5, 0.6) is 5.88 Å². The normalized spacial score (nSPS) is 11.7. The van der Waals surface area contributed by atoms with Crippen molar-refractivity contribution in [2.45, 2.75) is 0 Å². The lowest BCUT2D eigenvalue weighted by Crippen LogP contribution is -2.09. The monoisotopic (exact) mass is 333 g/mol. The second kappa shape index (κ2) is 4.69. The van der Waals surface area contributed by atoms with E-state index < -0.39 is 0 Å². The molecule has 6 heteroatoms. The van der Waals surface area contributed by atoms with Crippen molar-refractivity contribution in [1.29, 1.82) is 0 Å². The maximum absolute atomic E-state index is 13.1. The fourth-order valence-electron chi connectivity index (χ4n) is 3.07. The summed E-state index contributed by atoms with van der Waals surface area (Å²) >= 11 is 1.47. The van der Waals surface area contributed by atoms with Crippen LogP contribution in [0.4, 0.5) is 0 Å². The number of hydrogen-bond donors (Lipinski definition) is 2. The molecule has 5 aromatic rings. The molecule has 0 saturated carbocycles. The number of aromatic amines is 1. The highest BCUT2D eigenvalue weighted by molar-refractivity contribution is 7.21. The van der Waals surface area contributed by atoms with Crippen molar-refractivity contribution in [1.82, 2.24) is 14.4 Å². The average molecular weight is 333 g/mol. The third kappa shape index (κ3) is 1.74. The number of benzene rings is 2. The summed E-state index contributed by atoms with van der Waals surface area (Å²) in [6, 6.07) is 15.2. The number of aromatic nitrogens is 3. The van der Waals surface area contributed by atoms with Gasteiger partial charge in [0.05, 0.1) is 27.5 Å². The highest BCUT2D eigenvalue weighted by atomic mass is 32.1. The highest BCUT2D eigenvalue weighted by Gasteiger charge is 2.18. The van der Waals surface area contributed by atoms with E-state index in [9.17, 15) is 9.90 Å². The van der Waals surface area contributed by atoms with Gasteiger partial charge in [-0.25, -0.2) is 4.98 Å². The van der Waals surface area contributed by atoms with E-state index in [0.29, 0.717) is 21.6 Å². The number of rotatable bonds is 1. The predicted molar refractivity (Wildman–Crippen MR) is 95.8 cm³/mol. The Labute approximate surface area is 139 Å². The third-order valence-corrected chi connectivity index (χ3v) is 5.17. The van der Waals surface area contributed by atoms with Gasteiger partial charge in [0.1, 0.15) is 10.7 Å². The molecule has 2 aromatic carbocycles. The number of aromatic hydroxyl groups is 1. The molecule has 0 radical (unpaired) electrons. The second-order valence-electron chi connectivity index (χ2n) is 5.57. The largest absolute Gasteiger partial charge is 0.493 e. The SMILES string of the molecule is O=c1c(-c2nc3ccccc3s2)c2[nH]c(O)cn2c2ccccc12. The Morgan fingerprint density at radius 2 is 1.88 bits per heavy atom. The number of thiazole rings is 1. The van der Waals surface area contributed by atoms with E-state index in [1.54, 1.807) is 16.7 Å². The average Bonchev–Trinajstić information content (AvgIpc) is 3.18. The lowest BCUT2D eigenvalue weighted by molar-refractivity contribution is 0.457. The number of H-pyrrole nitrogens is 1. The Balaban J connectivity index is 1.99. The van der Waals surface area contributed by atoms with Crippen molar-refractivity contribution >= 4 is 38.1 Å². The van der Waals surface area contributed by atoms with E-state index in [2.05, 4.69) is 9.97 Å². The number of imidazole rings is 1. The first-order chi connectivity index (χ1) is 11.7.